The highest BCUT2D eigenvalue weighted by Gasteiger charge is 2.50. The van der Waals surface area contributed by atoms with Crippen molar-refractivity contribution in [1.29, 1.82) is 0 Å². The number of aromatic nitrogens is 2. The van der Waals surface area contributed by atoms with Crippen LogP contribution in [0.15, 0.2) is 30.5 Å². The number of nitrogens with zero attached hydrogens (tertiary/aromatic N) is 2. The smallest absolute Gasteiger partial charge is 0.295 e. The van der Waals surface area contributed by atoms with Crippen LogP contribution in [-0.2, 0) is 17.9 Å². The van der Waals surface area contributed by atoms with Crippen molar-refractivity contribution in [1.82, 2.24) is 4.40 Å². The number of methoxy groups -OCH3 is 1. The van der Waals surface area contributed by atoms with E-state index in [-0.39, 0.29) is 10.8 Å². The molecule has 3 nitrogen and oxygen atoms in total. The van der Waals surface area contributed by atoms with Gasteiger partial charge >= 0.3 is 0 Å². The summed E-state index contributed by atoms with van der Waals surface area (Å²) in [4.78, 5) is 0. The third-order valence-electron chi connectivity index (χ3n) is 7.72. The number of aryl methyl sites for hydroxylation is 3. The standard InChI is InChI=1S/C25H29N2O/c1-14-9-11-17-22-20(14)16-10-12-18(28-8)15(2)21(16)23-26(7)13-19(27(22)23)25(5,6)24(17,3)4/h9-13H,1-8H3/q+1. The molecule has 0 N–H and O–H groups in total. The number of imidazole rings is 1. The summed E-state index contributed by atoms with van der Waals surface area (Å²) in [6.45, 7) is 14.0. The Morgan fingerprint density at radius 3 is 2.32 bits per heavy atom. The van der Waals surface area contributed by atoms with Crippen LogP contribution in [0.5, 0.6) is 5.75 Å². The number of ether oxygens (including phenoxy) is 1. The van der Waals surface area contributed by atoms with Gasteiger partial charge in [-0.05, 0) is 31.5 Å². The van der Waals surface area contributed by atoms with E-state index in [1.807, 2.05) is 0 Å². The Kier molecular flexibility index (Phi) is 3.18. The Labute approximate surface area is 166 Å². The summed E-state index contributed by atoms with van der Waals surface area (Å²) in [7, 11) is 3.93. The molecule has 0 radical (unpaired) electrons. The molecule has 2 aromatic heterocycles. The van der Waals surface area contributed by atoms with Crippen molar-refractivity contribution in [3.63, 3.8) is 0 Å². The van der Waals surface area contributed by atoms with Crippen LogP contribution in [0.3, 0.4) is 0 Å². The van der Waals surface area contributed by atoms with Gasteiger partial charge in [0.2, 0.25) is 0 Å². The molecule has 5 rings (SSSR count). The fourth-order valence-corrected chi connectivity index (χ4v) is 5.37. The van der Waals surface area contributed by atoms with E-state index in [1.54, 1.807) is 7.11 Å². The van der Waals surface area contributed by atoms with Crippen molar-refractivity contribution in [2.45, 2.75) is 52.4 Å². The Morgan fingerprint density at radius 2 is 1.64 bits per heavy atom. The van der Waals surface area contributed by atoms with Gasteiger partial charge in [0.1, 0.15) is 17.5 Å². The quantitative estimate of drug-likeness (QED) is 0.328. The van der Waals surface area contributed by atoms with Gasteiger partial charge in [0, 0.05) is 32.7 Å². The summed E-state index contributed by atoms with van der Waals surface area (Å²) in [5.41, 5.74) is 8.00. The summed E-state index contributed by atoms with van der Waals surface area (Å²) < 4.78 is 10.5. The molecule has 4 aromatic rings. The minimum atomic E-state index is 0.00676. The zero-order valence-corrected chi connectivity index (χ0v) is 18.2. The highest BCUT2D eigenvalue weighted by atomic mass is 16.5. The minimum Gasteiger partial charge on any atom is -0.496 e. The molecule has 0 saturated heterocycles. The van der Waals surface area contributed by atoms with Gasteiger partial charge in [0.25, 0.3) is 5.65 Å². The summed E-state index contributed by atoms with van der Waals surface area (Å²) in [6.07, 6.45) is 2.33. The fourth-order valence-electron chi connectivity index (χ4n) is 5.37. The molecule has 0 saturated carbocycles. The van der Waals surface area contributed by atoms with Gasteiger partial charge in [-0.15, -0.1) is 0 Å². The lowest BCUT2D eigenvalue weighted by Gasteiger charge is -2.43. The van der Waals surface area contributed by atoms with Crippen molar-refractivity contribution >= 4 is 27.3 Å². The topological polar surface area (TPSA) is 17.5 Å². The summed E-state index contributed by atoms with van der Waals surface area (Å²) in [6, 6.07) is 9.01. The molecule has 28 heavy (non-hydrogen) atoms. The van der Waals surface area contributed by atoms with Gasteiger partial charge in [-0.25, -0.2) is 4.57 Å². The SMILES string of the molecule is COc1ccc2c3c(C)ccc4c3n3c(c[n+](C)c3c2c1C)C(C)(C)C4(C)C. The number of fused-ring (bicyclic) bond motifs is 3. The van der Waals surface area contributed by atoms with Crippen LogP contribution in [-0.4, -0.2) is 11.5 Å². The van der Waals surface area contributed by atoms with E-state index in [4.69, 9.17) is 4.74 Å². The molecule has 0 atom stereocenters. The van der Waals surface area contributed by atoms with Crippen molar-refractivity contribution in [3.8, 4) is 5.75 Å². The highest BCUT2D eigenvalue weighted by molar-refractivity contribution is 6.15. The Hall–Kier alpha value is -2.55. The molecule has 0 amide bonds. The zero-order chi connectivity index (χ0) is 20.2. The normalized spacial score (nSPS) is 17.1. The highest BCUT2D eigenvalue weighted by Crippen LogP contribution is 2.51. The molecule has 0 aliphatic carbocycles. The summed E-state index contributed by atoms with van der Waals surface area (Å²) >= 11 is 0. The maximum atomic E-state index is 5.68. The second-order valence-corrected chi connectivity index (χ2v) is 9.50. The lowest BCUT2D eigenvalue weighted by molar-refractivity contribution is -0.643. The van der Waals surface area contributed by atoms with E-state index < -0.39 is 0 Å². The lowest BCUT2D eigenvalue weighted by Crippen LogP contribution is -2.44. The maximum Gasteiger partial charge on any atom is 0.295 e. The van der Waals surface area contributed by atoms with E-state index in [1.165, 1.54) is 49.7 Å². The predicted octanol–water partition coefficient (Wildman–Crippen LogP) is 5.26. The van der Waals surface area contributed by atoms with E-state index in [9.17, 15) is 0 Å². The van der Waals surface area contributed by atoms with Crippen LogP contribution < -0.4 is 9.30 Å². The maximum absolute atomic E-state index is 5.68. The fraction of sp³-hybridized carbons (Fsp3) is 0.400. The van der Waals surface area contributed by atoms with Gasteiger partial charge in [-0.1, -0.05) is 39.8 Å². The Morgan fingerprint density at radius 1 is 0.929 bits per heavy atom. The van der Waals surface area contributed by atoms with E-state index in [2.05, 4.69) is 88.0 Å². The number of hydrogen-bond donors (Lipinski definition) is 0. The van der Waals surface area contributed by atoms with Crippen LogP contribution in [0.4, 0.5) is 0 Å². The first-order chi connectivity index (χ1) is 13.1. The molecule has 0 unspecified atom stereocenters. The molecular weight excluding hydrogens is 344 g/mol. The van der Waals surface area contributed by atoms with Gasteiger partial charge in [0.05, 0.1) is 19.5 Å². The second kappa shape index (κ2) is 5.08. The minimum absolute atomic E-state index is 0.00676. The van der Waals surface area contributed by atoms with Gasteiger partial charge < -0.3 is 4.74 Å². The van der Waals surface area contributed by atoms with Crippen LogP contribution in [0.2, 0.25) is 0 Å². The first-order valence-corrected chi connectivity index (χ1v) is 10.1. The van der Waals surface area contributed by atoms with E-state index >= 15 is 0 Å². The molecule has 0 bridgehead atoms. The first-order valence-electron chi connectivity index (χ1n) is 10.1. The van der Waals surface area contributed by atoms with Crippen molar-refractivity contribution in [2.24, 2.45) is 7.05 Å². The van der Waals surface area contributed by atoms with E-state index in [0.717, 1.165) is 5.75 Å². The van der Waals surface area contributed by atoms with Crippen molar-refractivity contribution in [2.75, 3.05) is 7.11 Å². The predicted molar refractivity (Wildman–Crippen MR) is 116 cm³/mol. The Bertz CT molecular complexity index is 1320. The largest absolute Gasteiger partial charge is 0.496 e. The molecule has 3 heteroatoms. The second-order valence-electron chi connectivity index (χ2n) is 9.50. The number of pyridine rings is 1. The zero-order valence-electron chi connectivity index (χ0n) is 18.2. The first kappa shape index (κ1) is 17.5. The molecule has 2 aromatic carbocycles. The average molecular weight is 374 g/mol. The van der Waals surface area contributed by atoms with Crippen molar-refractivity contribution < 1.29 is 9.30 Å². The number of rotatable bonds is 1. The number of hydrogen-bond acceptors (Lipinski definition) is 1. The van der Waals surface area contributed by atoms with Crippen LogP contribution >= 0.6 is 0 Å². The molecule has 3 heterocycles. The third kappa shape index (κ3) is 1.74. The lowest BCUT2D eigenvalue weighted by atomic mass is 9.60. The molecular formula is C25H29N2O+. The summed E-state index contributed by atoms with van der Waals surface area (Å²) in [5, 5.41) is 3.97. The molecule has 0 spiro atoms. The molecule has 1 aliphatic rings. The third-order valence-corrected chi connectivity index (χ3v) is 7.72. The van der Waals surface area contributed by atoms with Crippen LogP contribution in [0.1, 0.15) is 50.1 Å². The van der Waals surface area contributed by atoms with Gasteiger partial charge in [-0.3, -0.25) is 0 Å². The van der Waals surface area contributed by atoms with E-state index in [0.29, 0.717) is 0 Å². The van der Waals surface area contributed by atoms with Crippen LogP contribution in [0.25, 0.3) is 27.3 Å². The molecule has 1 aliphatic heterocycles. The van der Waals surface area contributed by atoms with Crippen molar-refractivity contribution in [3.05, 3.63) is 52.8 Å². The monoisotopic (exact) mass is 373 g/mol. The molecule has 144 valence electrons. The molecule has 0 fully saturated rings. The average Bonchev–Trinajstić information content (AvgIpc) is 2.99. The van der Waals surface area contributed by atoms with Gasteiger partial charge in [-0.2, -0.15) is 4.40 Å². The Balaban J connectivity index is 2.23. The number of benzene rings is 2. The van der Waals surface area contributed by atoms with Crippen LogP contribution in [0, 0.1) is 13.8 Å². The summed E-state index contributed by atoms with van der Waals surface area (Å²) in [5.74, 6) is 0.946. The van der Waals surface area contributed by atoms with Gasteiger partial charge in [0.15, 0.2) is 5.69 Å².